The number of nitrogens with one attached hydrogen (secondary N) is 1. The topological polar surface area (TPSA) is 32.3 Å². The molecular formula is C11H18FNO. The van der Waals surface area contributed by atoms with Gasteiger partial charge in [-0.15, -0.1) is 0 Å². The molecule has 0 aliphatic heterocycles. The zero-order chi connectivity index (χ0) is 11.0. The predicted octanol–water partition coefficient (Wildman–Crippen LogP) is 2.64. The molecule has 0 amide bonds. The molecule has 0 aliphatic rings. The second-order valence-electron chi connectivity index (χ2n) is 3.04. The van der Waals surface area contributed by atoms with Crippen LogP contribution in [-0.4, -0.2) is 11.2 Å². The van der Waals surface area contributed by atoms with Crippen LogP contribution in [-0.2, 0) is 0 Å². The van der Waals surface area contributed by atoms with E-state index >= 15 is 0 Å². The normalized spacial score (nSPS) is 16.1. The Balaban J connectivity index is 4.16. The second kappa shape index (κ2) is 7.33. The Morgan fingerprint density at radius 1 is 1.50 bits per heavy atom. The van der Waals surface area contributed by atoms with Gasteiger partial charge in [0, 0.05) is 5.70 Å². The van der Waals surface area contributed by atoms with E-state index < -0.39 is 6.10 Å². The van der Waals surface area contributed by atoms with Crippen molar-refractivity contribution in [2.24, 2.45) is 0 Å². The third kappa shape index (κ3) is 7.55. The smallest absolute Gasteiger partial charge is 0.0969 e. The maximum atomic E-state index is 12.4. The number of allylic oxidation sites excluding steroid dienone is 4. The molecule has 0 saturated heterocycles. The summed E-state index contributed by atoms with van der Waals surface area (Å²) in [5.41, 5.74) is 0.902. The molecule has 14 heavy (non-hydrogen) atoms. The number of hydrogen-bond donors (Lipinski definition) is 2. The Kier molecular flexibility index (Phi) is 6.76. The lowest BCUT2D eigenvalue weighted by Gasteiger charge is -2.03. The lowest BCUT2D eigenvalue weighted by molar-refractivity contribution is 0.243. The maximum Gasteiger partial charge on any atom is 0.0969 e. The van der Waals surface area contributed by atoms with Gasteiger partial charge in [-0.2, -0.15) is 0 Å². The molecule has 0 fully saturated rings. The van der Waals surface area contributed by atoms with Gasteiger partial charge in [0.2, 0.25) is 0 Å². The van der Waals surface area contributed by atoms with Crippen LogP contribution in [0.15, 0.2) is 36.0 Å². The van der Waals surface area contributed by atoms with Crippen molar-refractivity contribution in [2.45, 2.75) is 33.3 Å². The predicted molar refractivity (Wildman–Crippen MR) is 57.2 cm³/mol. The van der Waals surface area contributed by atoms with E-state index in [1.165, 1.54) is 13.0 Å². The minimum Gasteiger partial charge on any atom is -0.389 e. The van der Waals surface area contributed by atoms with Crippen molar-refractivity contribution >= 4 is 0 Å². The molecule has 0 aromatic heterocycles. The quantitative estimate of drug-likeness (QED) is 0.667. The van der Waals surface area contributed by atoms with Gasteiger partial charge in [0.05, 0.1) is 11.9 Å². The van der Waals surface area contributed by atoms with Gasteiger partial charge in [0.25, 0.3) is 0 Å². The average Bonchev–Trinajstić information content (AvgIpc) is 2.10. The van der Waals surface area contributed by atoms with Crippen molar-refractivity contribution in [1.82, 2.24) is 5.32 Å². The molecule has 2 nitrogen and oxygen atoms in total. The summed E-state index contributed by atoms with van der Waals surface area (Å²) in [4.78, 5) is 0. The maximum absolute atomic E-state index is 12.4. The number of hydrogen-bond acceptors (Lipinski definition) is 2. The van der Waals surface area contributed by atoms with Gasteiger partial charge in [-0.05, 0) is 44.7 Å². The summed E-state index contributed by atoms with van der Waals surface area (Å²) in [5, 5.41) is 11.9. The summed E-state index contributed by atoms with van der Waals surface area (Å²) >= 11 is 0. The number of halogens is 1. The zero-order valence-electron chi connectivity index (χ0n) is 8.92. The fourth-order valence-electron chi connectivity index (χ4n) is 0.778. The lowest BCUT2D eigenvalue weighted by atomic mass is 10.3. The van der Waals surface area contributed by atoms with Crippen LogP contribution in [0.25, 0.3) is 0 Å². The highest BCUT2D eigenvalue weighted by atomic mass is 19.1. The summed E-state index contributed by atoms with van der Waals surface area (Å²) in [5.74, 6) is -0.225. The summed E-state index contributed by atoms with van der Waals surface area (Å²) in [6.07, 6.45) is 6.67. The van der Waals surface area contributed by atoms with Gasteiger partial charge in [-0.25, -0.2) is 4.39 Å². The molecule has 80 valence electrons. The molecule has 0 aromatic rings. The van der Waals surface area contributed by atoms with Gasteiger partial charge in [0.1, 0.15) is 0 Å². The van der Waals surface area contributed by atoms with Crippen molar-refractivity contribution in [3.05, 3.63) is 36.0 Å². The second-order valence-corrected chi connectivity index (χ2v) is 3.04. The summed E-state index contributed by atoms with van der Waals surface area (Å²) in [6, 6.07) is 0. The van der Waals surface area contributed by atoms with Gasteiger partial charge in [-0.1, -0.05) is 6.92 Å². The Hall–Kier alpha value is -1.09. The van der Waals surface area contributed by atoms with Gasteiger partial charge < -0.3 is 10.4 Å². The fraction of sp³-hybridized carbons (Fsp3) is 0.455. The third-order valence-electron chi connectivity index (χ3n) is 1.54. The lowest BCUT2D eigenvalue weighted by Crippen LogP contribution is -2.05. The Labute approximate surface area is 84.8 Å². The van der Waals surface area contributed by atoms with E-state index in [9.17, 15) is 4.39 Å². The Bertz CT molecular complexity index is 238. The van der Waals surface area contributed by atoms with Crippen LogP contribution in [0, 0.1) is 0 Å². The van der Waals surface area contributed by atoms with E-state index in [0.29, 0.717) is 0 Å². The summed E-state index contributed by atoms with van der Waals surface area (Å²) < 4.78 is 12.4. The van der Waals surface area contributed by atoms with Gasteiger partial charge in [0.15, 0.2) is 0 Å². The molecule has 0 heterocycles. The number of aliphatic hydroxyl groups excluding tert-OH is 1. The number of rotatable bonds is 5. The van der Waals surface area contributed by atoms with E-state index in [0.717, 1.165) is 12.1 Å². The standard InChI is InChI=1S/C11H18FNO/c1-4-11(6-5-9(2)12)13-8-7-10(3)14/h5-8,10,13-14H,4H2,1-3H3/b8-7+,9-5+,11-6+. The van der Waals surface area contributed by atoms with Crippen LogP contribution in [0.4, 0.5) is 4.39 Å². The van der Waals surface area contributed by atoms with Crippen LogP contribution in [0.2, 0.25) is 0 Å². The van der Waals surface area contributed by atoms with E-state index in [2.05, 4.69) is 5.32 Å². The molecule has 1 atom stereocenters. The molecule has 0 bridgehead atoms. The van der Waals surface area contributed by atoms with Crippen LogP contribution >= 0.6 is 0 Å². The molecule has 0 saturated carbocycles. The highest BCUT2D eigenvalue weighted by Crippen LogP contribution is 2.00. The zero-order valence-corrected chi connectivity index (χ0v) is 8.92. The van der Waals surface area contributed by atoms with Gasteiger partial charge in [-0.3, -0.25) is 0 Å². The first kappa shape index (κ1) is 12.9. The number of aliphatic hydroxyl groups is 1. The molecule has 1 unspecified atom stereocenters. The van der Waals surface area contributed by atoms with Crippen molar-refractivity contribution in [3.63, 3.8) is 0 Å². The van der Waals surface area contributed by atoms with Crippen molar-refractivity contribution < 1.29 is 9.50 Å². The van der Waals surface area contributed by atoms with Crippen LogP contribution < -0.4 is 5.32 Å². The summed E-state index contributed by atoms with van der Waals surface area (Å²) in [7, 11) is 0. The Morgan fingerprint density at radius 2 is 2.14 bits per heavy atom. The molecule has 0 aromatic carbocycles. The molecular weight excluding hydrogens is 181 g/mol. The largest absolute Gasteiger partial charge is 0.389 e. The van der Waals surface area contributed by atoms with E-state index in [-0.39, 0.29) is 5.83 Å². The SMILES string of the molecule is CC/C(=C\C=C(/C)F)N/C=C/C(C)O. The highest BCUT2D eigenvalue weighted by Gasteiger charge is 1.89. The van der Waals surface area contributed by atoms with E-state index in [1.807, 2.05) is 6.92 Å². The molecule has 0 radical (unpaired) electrons. The van der Waals surface area contributed by atoms with Crippen LogP contribution in [0.5, 0.6) is 0 Å². The average molecular weight is 199 g/mol. The van der Waals surface area contributed by atoms with Crippen molar-refractivity contribution in [1.29, 1.82) is 0 Å². The van der Waals surface area contributed by atoms with Crippen LogP contribution in [0.3, 0.4) is 0 Å². The molecule has 3 heteroatoms. The van der Waals surface area contributed by atoms with Crippen molar-refractivity contribution in [3.8, 4) is 0 Å². The summed E-state index contributed by atoms with van der Waals surface area (Å²) in [6.45, 7) is 5.03. The van der Waals surface area contributed by atoms with Crippen LogP contribution in [0.1, 0.15) is 27.2 Å². The highest BCUT2D eigenvalue weighted by molar-refractivity contribution is 5.14. The first-order chi connectivity index (χ1) is 6.56. The third-order valence-corrected chi connectivity index (χ3v) is 1.54. The molecule has 0 rings (SSSR count). The first-order valence-corrected chi connectivity index (χ1v) is 4.70. The van der Waals surface area contributed by atoms with Crippen molar-refractivity contribution in [2.75, 3.05) is 0 Å². The monoisotopic (exact) mass is 199 g/mol. The van der Waals surface area contributed by atoms with E-state index in [4.69, 9.17) is 5.11 Å². The van der Waals surface area contributed by atoms with Gasteiger partial charge >= 0.3 is 0 Å². The minimum atomic E-state index is -0.473. The fourth-order valence-corrected chi connectivity index (χ4v) is 0.778. The Morgan fingerprint density at radius 3 is 2.57 bits per heavy atom. The minimum absolute atomic E-state index is 0.225. The van der Waals surface area contributed by atoms with E-state index in [1.54, 1.807) is 25.3 Å². The molecule has 0 aliphatic carbocycles. The first-order valence-electron chi connectivity index (χ1n) is 4.70. The molecule has 0 spiro atoms. The molecule has 2 N–H and O–H groups in total.